The van der Waals surface area contributed by atoms with Crippen molar-refractivity contribution in [1.29, 1.82) is 0 Å². The zero-order chi connectivity index (χ0) is 16.7. The lowest BCUT2D eigenvalue weighted by Crippen LogP contribution is -2.53. The second-order valence-electron chi connectivity index (χ2n) is 7.20. The summed E-state index contributed by atoms with van der Waals surface area (Å²) >= 11 is 6.08. The Hall–Kier alpha value is -1.47. The van der Waals surface area contributed by atoms with Gasteiger partial charge >= 0.3 is 0 Å². The van der Waals surface area contributed by atoms with Crippen LogP contribution in [0.15, 0.2) is 6.20 Å². The molecule has 0 aromatic carbocycles. The summed E-state index contributed by atoms with van der Waals surface area (Å²) < 4.78 is 18.6. The molecule has 3 aliphatic carbocycles. The first-order chi connectivity index (χ1) is 11.5. The van der Waals surface area contributed by atoms with Gasteiger partial charge in [-0.15, -0.1) is 5.10 Å². The monoisotopic (exact) mass is 353 g/mol. The third-order valence-electron chi connectivity index (χ3n) is 5.24. The molecule has 1 saturated heterocycles. The lowest BCUT2D eigenvalue weighted by atomic mass is 9.43. The Balaban J connectivity index is 0.000000177. The van der Waals surface area contributed by atoms with Crippen molar-refractivity contribution >= 4 is 23.1 Å². The predicted molar refractivity (Wildman–Crippen MR) is 88.6 cm³/mol. The van der Waals surface area contributed by atoms with Gasteiger partial charge in [-0.25, -0.2) is 18.9 Å². The fourth-order valence-corrected chi connectivity index (χ4v) is 4.17. The number of halogens is 2. The second-order valence-corrected chi connectivity index (χ2v) is 7.56. The molecule has 2 aromatic heterocycles. The fourth-order valence-electron chi connectivity index (χ4n) is 3.94. The van der Waals surface area contributed by atoms with E-state index in [-0.39, 0.29) is 5.95 Å². The largest absolute Gasteiger partial charge is 0.378 e. The van der Waals surface area contributed by atoms with E-state index in [4.69, 9.17) is 22.1 Å². The SMILES string of the molecule is FC1CCCOC1.Nc1ncc2c(Cl)nc(CC34CC(C3)C4)n2n1. The fraction of sp³-hybridized carbons (Fsp3) is 0.688. The van der Waals surface area contributed by atoms with Crippen molar-refractivity contribution in [3.63, 3.8) is 0 Å². The molecule has 4 aliphatic rings. The first-order valence-electron chi connectivity index (χ1n) is 8.42. The third-order valence-corrected chi connectivity index (χ3v) is 5.51. The average Bonchev–Trinajstić information content (AvgIpc) is 2.79. The highest BCUT2D eigenvalue weighted by atomic mass is 35.5. The van der Waals surface area contributed by atoms with Crippen LogP contribution in [-0.2, 0) is 11.2 Å². The molecule has 6 rings (SSSR count). The molecule has 1 aliphatic heterocycles. The van der Waals surface area contributed by atoms with Gasteiger partial charge in [0.15, 0.2) is 5.15 Å². The van der Waals surface area contributed by atoms with Crippen molar-refractivity contribution in [1.82, 2.24) is 19.6 Å². The van der Waals surface area contributed by atoms with E-state index >= 15 is 0 Å². The first-order valence-corrected chi connectivity index (χ1v) is 8.80. The zero-order valence-corrected chi connectivity index (χ0v) is 14.2. The Morgan fingerprint density at radius 2 is 2.21 bits per heavy atom. The minimum absolute atomic E-state index is 0.255. The van der Waals surface area contributed by atoms with Crippen LogP contribution < -0.4 is 5.73 Å². The van der Waals surface area contributed by atoms with Crippen molar-refractivity contribution < 1.29 is 9.13 Å². The maximum absolute atomic E-state index is 12.1. The molecule has 0 spiro atoms. The molecule has 1 atom stereocenters. The topological polar surface area (TPSA) is 78.3 Å². The van der Waals surface area contributed by atoms with Crippen LogP contribution in [0.1, 0.15) is 37.9 Å². The van der Waals surface area contributed by atoms with Crippen molar-refractivity contribution in [3.05, 3.63) is 17.2 Å². The summed E-state index contributed by atoms with van der Waals surface area (Å²) in [6, 6.07) is 0. The van der Waals surface area contributed by atoms with Gasteiger partial charge in [0, 0.05) is 13.0 Å². The number of ether oxygens (including phenoxy) is 1. The lowest BCUT2D eigenvalue weighted by Gasteiger charge is -2.62. The molecule has 4 fully saturated rings. The molecule has 6 nitrogen and oxygen atoms in total. The smallest absolute Gasteiger partial charge is 0.238 e. The van der Waals surface area contributed by atoms with E-state index in [1.54, 1.807) is 10.7 Å². The highest BCUT2D eigenvalue weighted by molar-refractivity contribution is 6.32. The highest BCUT2D eigenvalue weighted by Gasteiger charge is 2.56. The quantitative estimate of drug-likeness (QED) is 0.898. The molecular weight excluding hydrogens is 333 g/mol. The summed E-state index contributed by atoms with van der Waals surface area (Å²) in [5, 5.41) is 4.66. The summed E-state index contributed by atoms with van der Waals surface area (Å²) in [7, 11) is 0. The first kappa shape index (κ1) is 16.0. The Kier molecular flexibility index (Phi) is 4.08. The summed E-state index contributed by atoms with van der Waals surface area (Å²) in [5.41, 5.74) is 6.83. The van der Waals surface area contributed by atoms with E-state index in [1.165, 1.54) is 19.3 Å². The highest BCUT2D eigenvalue weighted by Crippen LogP contribution is 2.65. The Bertz CT molecular complexity index is 728. The van der Waals surface area contributed by atoms with E-state index in [0.29, 0.717) is 23.6 Å². The maximum Gasteiger partial charge on any atom is 0.238 e. The molecule has 8 heteroatoms. The van der Waals surface area contributed by atoms with Crippen LogP contribution in [-0.4, -0.2) is 39.0 Å². The van der Waals surface area contributed by atoms with E-state index in [1.807, 2.05) is 0 Å². The average molecular weight is 354 g/mol. The molecule has 3 saturated carbocycles. The number of nitrogens with two attached hydrogens (primary N) is 1. The van der Waals surface area contributed by atoms with Crippen molar-refractivity contribution in [2.24, 2.45) is 11.3 Å². The van der Waals surface area contributed by atoms with Crippen LogP contribution in [0.4, 0.5) is 10.3 Å². The van der Waals surface area contributed by atoms with Gasteiger partial charge in [-0.2, -0.15) is 0 Å². The van der Waals surface area contributed by atoms with Gasteiger partial charge < -0.3 is 10.5 Å². The molecule has 24 heavy (non-hydrogen) atoms. The molecule has 2 bridgehead atoms. The van der Waals surface area contributed by atoms with Crippen LogP contribution in [0, 0.1) is 11.3 Å². The molecule has 1 unspecified atom stereocenters. The molecular formula is C16H21ClFN5O. The summed E-state index contributed by atoms with van der Waals surface area (Å²) in [6.07, 6.45) is 7.48. The van der Waals surface area contributed by atoms with Gasteiger partial charge in [-0.1, -0.05) is 11.6 Å². The van der Waals surface area contributed by atoms with Gasteiger partial charge in [0.1, 0.15) is 17.5 Å². The molecule has 3 heterocycles. The number of fused-ring (bicyclic) bond motifs is 1. The van der Waals surface area contributed by atoms with Crippen molar-refractivity contribution in [2.45, 2.75) is 44.7 Å². The number of nitrogens with zero attached hydrogens (tertiary/aromatic N) is 4. The summed E-state index contributed by atoms with van der Waals surface area (Å²) in [5.74, 6) is 2.14. The Morgan fingerprint density at radius 1 is 1.42 bits per heavy atom. The number of hydrogen-bond acceptors (Lipinski definition) is 5. The molecule has 2 aromatic rings. The van der Waals surface area contributed by atoms with Gasteiger partial charge in [-0.05, 0) is 43.4 Å². The Labute approximate surface area is 144 Å². The minimum atomic E-state index is -0.686. The van der Waals surface area contributed by atoms with Crippen molar-refractivity contribution in [2.75, 3.05) is 18.9 Å². The molecule has 0 radical (unpaired) electrons. The van der Waals surface area contributed by atoms with Crippen molar-refractivity contribution in [3.8, 4) is 0 Å². The van der Waals surface area contributed by atoms with Gasteiger partial charge in [0.2, 0.25) is 5.95 Å². The number of anilines is 1. The normalized spacial score (nSPS) is 30.9. The van der Waals surface area contributed by atoms with Gasteiger partial charge in [0.25, 0.3) is 0 Å². The number of hydrogen-bond donors (Lipinski definition) is 1. The van der Waals surface area contributed by atoms with Crippen LogP contribution in [0.3, 0.4) is 0 Å². The van der Waals surface area contributed by atoms with E-state index < -0.39 is 6.17 Å². The molecule has 2 N–H and O–H groups in total. The molecule has 0 amide bonds. The van der Waals surface area contributed by atoms with Crippen LogP contribution in [0.25, 0.3) is 5.52 Å². The Morgan fingerprint density at radius 3 is 2.75 bits per heavy atom. The number of alkyl halides is 1. The molecule has 130 valence electrons. The van der Waals surface area contributed by atoms with Crippen LogP contribution >= 0.6 is 11.6 Å². The van der Waals surface area contributed by atoms with Crippen LogP contribution in [0.5, 0.6) is 0 Å². The number of rotatable bonds is 2. The number of imidazole rings is 1. The summed E-state index contributed by atoms with van der Waals surface area (Å²) in [6.45, 7) is 1.07. The van der Waals surface area contributed by atoms with Gasteiger partial charge in [0.05, 0.1) is 12.8 Å². The van der Waals surface area contributed by atoms with E-state index in [0.717, 1.165) is 36.7 Å². The van der Waals surface area contributed by atoms with E-state index in [2.05, 4.69) is 15.1 Å². The van der Waals surface area contributed by atoms with E-state index in [9.17, 15) is 4.39 Å². The summed E-state index contributed by atoms with van der Waals surface area (Å²) in [4.78, 5) is 8.34. The lowest BCUT2D eigenvalue weighted by molar-refractivity contribution is -0.106. The minimum Gasteiger partial charge on any atom is -0.378 e. The maximum atomic E-state index is 12.1. The van der Waals surface area contributed by atoms with Crippen LogP contribution in [0.2, 0.25) is 5.15 Å². The van der Waals surface area contributed by atoms with Gasteiger partial charge in [-0.3, -0.25) is 0 Å². The standard InChI is InChI=1S/C11H12ClN5.C5H9FO/c12-9-7-5-14-10(13)16-17(7)8(15-9)4-11-1-6(2-11)3-11;6-5-2-1-3-7-4-5/h5-6H,1-4H2,(H2,13,16);5H,1-4H2. The second kappa shape index (κ2) is 6.11. The third kappa shape index (κ3) is 2.95. The zero-order valence-electron chi connectivity index (χ0n) is 13.4. The predicted octanol–water partition coefficient (Wildman–Crippen LogP) is 2.84. The number of aromatic nitrogens is 4. The number of nitrogen functional groups attached to an aromatic ring is 1.